The lowest BCUT2D eigenvalue weighted by atomic mass is 9.96. The highest BCUT2D eigenvalue weighted by Crippen LogP contribution is 2.28. The van der Waals surface area contributed by atoms with E-state index in [1.807, 2.05) is 59.3 Å². The number of benzene rings is 3. The number of hydrogen-bond donors (Lipinski definition) is 2. The molecule has 1 heterocycles. The zero-order chi connectivity index (χ0) is 27.8. The molecule has 0 aliphatic rings. The highest BCUT2D eigenvalue weighted by Gasteiger charge is 2.18. The van der Waals surface area contributed by atoms with Gasteiger partial charge >= 0.3 is 5.97 Å². The van der Waals surface area contributed by atoms with Crippen LogP contribution in [0.2, 0.25) is 0 Å². The molecule has 5 nitrogen and oxygen atoms in total. The molecule has 0 radical (unpaired) electrons. The molecular formula is C34H40N2O3. The molecule has 39 heavy (non-hydrogen) atoms. The van der Waals surface area contributed by atoms with Crippen molar-refractivity contribution < 1.29 is 14.7 Å². The number of aliphatic carboxylic acids is 1. The van der Waals surface area contributed by atoms with Crippen LogP contribution in [0.25, 0.3) is 10.9 Å². The normalized spacial score (nSPS) is 12.1. The molecule has 0 aliphatic heterocycles. The second kappa shape index (κ2) is 13.3. The summed E-state index contributed by atoms with van der Waals surface area (Å²) in [5, 5.41) is 13.6. The van der Waals surface area contributed by atoms with Gasteiger partial charge in [-0.1, -0.05) is 88.2 Å². The molecule has 1 aromatic heterocycles. The van der Waals surface area contributed by atoms with Gasteiger partial charge in [-0.25, -0.2) is 0 Å². The van der Waals surface area contributed by atoms with Gasteiger partial charge in [0.2, 0.25) is 0 Å². The van der Waals surface area contributed by atoms with Crippen molar-refractivity contribution >= 4 is 28.3 Å². The molecule has 0 fully saturated rings. The first-order valence-electron chi connectivity index (χ1n) is 14.2. The van der Waals surface area contributed by atoms with Crippen molar-refractivity contribution in [3.8, 4) is 0 Å². The van der Waals surface area contributed by atoms with E-state index in [1.165, 1.54) is 11.1 Å². The fourth-order valence-electron chi connectivity index (χ4n) is 5.21. The molecule has 3 aromatic carbocycles. The molecule has 4 aromatic rings. The van der Waals surface area contributed by atoms with Crippen molar-refractivity contribution in [2.45, 2.75) is 71.9 Å². The van der Waals surface area contributed by atoms with E-state index in [9.17, 15) is 9.59 Å². The first-order valence-corrected chi connectivity index (χ1v) is 14.2. The summed E-state index contributed by atoms with van der Waals surface area (Å²) in [6.45, 7) is 7.24. The summed E-state index contributed by atoms with van der Waals surface area (Å²) in [5.41, 5.74) is 5.77. The smallest absolute Gasteiger partial charge is 0.303 e. The predicted octanol–water partition coefficient (Wildman–Crippen LogP) is 8.28. The molecule has 204 valence electrons. The Balaban J connectivity index is 1.57. The second-order valence-electron chi connectivity index (χ2n) is 10.8. The Bertz CT molecular complexity index is 1400. The molecule has 0 saturated carbocycles. The van der Waals surface area contributed by atoms with Crippen LogP contribution >= 0.6 is 0 Å². The number of fused-ring (bicyclic) bond motifs is 1. The molecule has 2 N–H and O–H groups in total. The third-order valence-electron chi connectivity index (χ3n) is 7.16. The van der Waals surface area contributed by atoms with Gasteiger partial charge in [-0.15, -0.1) is 0 Å². The number of aryl methyl sites for hydroxylation is 1. The summed E-state index contributed by atoms with van der Waals surface area (Å²) in [6, 6.07) is 24.7. The predicted molar refractivity (Wildman–Crippen MR) is 160 cm³/mol. The van der Waals surface area contributed by atoms with Gasteiger partial charge in [0.15, 0.2) is 5.78 Å². The number of carboxylic acid groups (broad SMARTS) is 1. The average Bonchev–Trinajstić information content (AvgIpc) is 3.29. The van der Waals surface area contributed by atoms with Crippen LogP contribution in [-0.4, -0.2) is 21.4 Å². The van der Waals surface area contributed by atoms with Crippen LogP contribution in [0.5, 0.6) is 0 Å². The number of para-hydroxylation sites is 1. The number of rotatable bonds is 14. The van der Waals surface area contributed by atoms with Gasteiger partial charge in [0.05, 0.1) is 6.04 Å². The number of aromatic nitrogens is 1. The maximum atomic E-state index is 13.7. The first-order chi connectivity index (χ1) is 18.9. The molecule has 1 unspecified atom stereocenters. The lowest BCUT2D eigenvalue weighted by molar-refractivity contribution is -0.137. The minimum Gasteiger partial charge on any atom is -0.481 e. The summed E-state index contributed by atoms with van der Waals surface area (Å²) in [6.07, 6.45) is 6.82. The summed E-state index contributed by atoms with van der Waals surface area (Å²) in [5.74, 6) is -0.213. The number of anilines is 1. The molecule has 0 spiro atoms. The third kappa shape index (κ3) is 7.38. The van der Waals surface area contributed by atoms with Crippen molar-refractivity contribution in [2.75, 3.05) is 5.32 Å². The average molecular weight is 525 g/mol. The number of carbonyl (C=O) groups excluding carboxylic acids is 1. The van der Waals surface area contributed by atoms with E-state index in [2.05, 4.69) is 50.4 Å². The molecule has 0 bridgehead atoms. The number of nitrogens with one attached hydrogen (secondary N) is 1. The van der Waals surface area contributed by atoms with Gasteiger partial charge in [0.25, 0.3) is 0 Å². The fourth-order valence-corrected chi connectivity index (χ4v) is 5.21. The number of nitrogens with zero attached hydrogens (tertiary/aromatic N) is 1. The zero-order valence-corrected chi connectivity index (χ0v) is 23.3. The Labute approximate surface area is 231 Å². The molecule has 0 amide bonds. The lowest BCUT2D eigenvalue weighted by Crippen LogP contribution is -2.12. The van der Waals surface area contributed by atoms with Crippen molar-refractivity contribution in [1.82, 2.24) is 4.57 Å². The Morgan fingerprint density at radius 1 is 0.949 bits per heavy atom. The molecule has 0 aliphatic carbocycles. The third-order valence-corrected chi connectivity index (χ3v) is 7.16. The Hall–Kier alpha value is -3.86. The van der Waals surface area contributed by atoms with Gasteiger partial charge in [-0.3, -0.25) is 9.59 Å². The van der Waals surface area contributed by atoms with Crippen molar-refractivity contribution in [2.24, 2.45) is 5.92 Å². The van der Waals surface area contributed by atoms with Gasteiger partial charge < -0.3 is 15.0 Å². The van der Waals surface area contributed by atoms with E-state index in [0.29, 0.717) is 30.0 Å². The monoisotopic (exact) mass is 524 g/mol. The van der Waals surface area contributed by atoms with Crippen LogP contribution in [0.15, 0.2) is 79.0 Å². The second-order valence-corrected chi connectivity index (χ2v) is 10.8. The van der Waals surface area contributed by atoms with Gasteiger partial charge in [0.1, 0.15) is 0 Å². The van der Waals surface area contributed by atoms with Crippen LogP contribution < -0.4 is 5.32 Å². The van der Waals surface area contributed by atoms with E-state index in [1.54, 1.807) is 0 Å². The van der Waals surface area contributed by atoms with Crippen molar-refractivity contribution in [3.63, 3.8) is 0 Å². The highest BCUT2D eigenvalue weighted by atomic mass is 16.4. The highest BCUT2D eigenvalue weighted by molar-refractivity contribution is 6.16. The van der Waals surface area contributed by atoms with Gasteiger partial charge in [-0.2, -0.15) is 0 Å². The minimum absolute atomic E-state index is 0.0324. The topological polar surface area (TPSA) is 71.3 Å². The van der Waals surface area contributed by atoms with E-state index in [0.717, 1.165) is 42.3 Å². The van der Waals surface area contributed by atoms with E-state index < -0.39 is 5.97 Å². The van der Waals surface area contributed by atoms with Crippen LogP contribution in [0.3, 0.4) is 0 Å². The first kappa shape index (κ1) is 28.2. The molecule has 0 saturated heterocycles. The SMILES string of the molecule is CCCCC(Nc1cccc(C(=O)c2cn(CCCC(=O)O)c3ccccc23)c1)c1ccc(CC(C)C)cc1. The van der Waals surface area contributed by atoms with E-state index >= 15 is 0 Å². The molecule has 5 heteroatoms. The molecule has 1 atom stereocenters. The summed E-state index contributed by atoms with van der Waals surface area (Å²) < 4.78 is 2.00. The Morgan fingerprint density at radius 2 is 1.72 bits per heavy atom. The minimum atomic E-state index is -0.809. The molecule has 4 rings (SSSR count). The number of carboxylic acids is 1. The van der Waals surface area contributed by atoms with Crippen molar-refractivity contribution in [3.05, 3.63) is 101 Å². The Morgan fingerprint density at radius 3 is 2.44 bits per heavy atom. The lowest BCUT2D eigenvalue weighted by Gasteiger charge is -2.21. The standard InChI is InChI=1S/C34H40N2O3/c1-4-5-13-31(26-18-16-25(17-19-26)21-24(2)3)35-28-11-8-10-27(22-28)34(39)30-23-36(20-9-15-33(37)38)32-14-7-6-12-29(30)32/h6-8,10-12,14,16-19,22-24,31,35H,4-5,9,13,15,20-21H2,1-3H3,(H,37,38). The van der Waals surface area contributed by atoms with Crippen LogP contribution in [0.1, 0.15) is 86.0 Å². The quantitative estimate of drug-likeness (QED) is 0.163. The summed E-state index contributed by atoms with van der Waals surface area (Å²) >= 11 is 0. The summed E-state index contributed by atoms with van der Waals surface area (Å²) in [4.78, 5) is 24.7. The number of carbonyl (C=O) groups is 2. The van der Waals surface area contributed by atoms with Crippen LogP contribution in [0.4, 0.5) is 5.69 Å². The maximum Gasteiger partial charge on any atom is 0.303 e. The maximum absolute atomic E-state index is 13.7. The zero-order valence-electron chi connectivity index (χ0n) is 23.3. The number of hydrogen-bond acceptors (Lipinski definition) is 3. The number of ketones is 1. The van der Waals surface area contributed by atoms with Crippen molar-refractivity contribution in [1.29, 1.82) is 0 Å². The van der Waals surface area contributed by atoms with E-state index in [4.69, 9.17) is 5.11 Å². The van der Waals surface area contributed by atoms with Gasteiger partial charge in [0, 0.05) is 46.9 Å². The largest absolute Gasteiger partial charge is 0.481 e. The van der Waals surface area contributed by atoms with Crippen LogP contribution in [-0.2, 0) is 17.8 Å². The molecular weight excluding hydrogens is 484 g/mol. The Kier molecular flexibility index (Phi) is 9.59. The van der Waals surface area contributed by atoms with Crippen LogP contribution in [0, 0.1) is 5.92 Å². The van der Waals surface area contributed by atoms with E-state index in [-0.39, 0.29) is 18.2 Å². The fraction of sp³-hybridized carbons (Fsp3) is 0.353. The van der Waals surface area contributed by atoms with Gasteiger partial charge in [-0.05, 0) is 54.5 Å². The summed E-state index contributed by atoms with van der Waals surface area (Å²) in [7, 11) is 0. The number of unbranched alkanes of at least 4 members (excludes halogenated alkanes) is 1.